The first-order valence-electron chi connectivity index (χ1n) is 8.12. The quantitative estimate of drug-likeness (QED) is 0.669. The Morgan fingerprint density at radius 1 is 0.931 bits per heavy atom. The van der Waals surface area contributed by atoms with Crippen molar-refractivity contribution >= 4 is 23.5 Å². The number of hydrogen-bond donors (Lipinski definition) is 1. The van der Waals surface area contributed by atoms with Crippen LogP contribution in [-0.2, 0) is 14.3 Å². The van der Waals surface area contributed by atoms with Crippen LogP contribution in [0.3, 0.4) is 0 Å². The first-order valence-corrected chi connectivity index (χ1v) is 8.12. The minimum absolute atomic E-state index is 0.0151. The zero-order valence-corrected chi connectivity index (χ0v) is 15.4. The molecule has 0 fully saturated rings. The zero-order valence-electron chi connectivity index (χ0n) is 15.4. The van der Waals surface area contributed by atoms with Crippen molar-refractivity contribution in [2.45, 2.75) is 6.61 Å². The van der Waals surface area contributed by atoms with E-state index in [1.165, 1.54) is 44.6 Å². The van der Waals surface area contributed by atoms with E-state index in [1.807, 2.05) is 0 Å². The summed E-state index contributed by atoms with van der Waals surface area (Å²) in [5, 5.41) is 2.49. The summed E-state index contributed by atoms with van der Waals surface area (Å²) in [7, 11) is 2.48. The zero-order chi connectivity index (χ0) is 21.4. The summed E-state index contributed by atoms with van der Waals surface area (Å²) >= 11 is 0. The molecule has 0 aliphatic carbocycles. The molecule has 10 heteroatoms. The number of rotatable bonds is 8. The Morgan fingerprint density at radius 2 is 1.59 bits per heavy atom. The van der Waals surface area contributed by atoms with E-state index < -0.39 is 31.1 Å². The third-order valence-electron chi connectivity index (χ3n) is 3.54. The molecule has 0 aliphatic rings. The second-order valence-corrected chi connectivity index (χ2v) is 5.44. The molecular formula is C19H17F2NO7. The smallest absolute Gasteiger partial charge is 0.387 e. The fraction of sp³-hybridized carbons (Fsp3) is 0.211. The van der Waals surface area contributed by atoms with E-state index in [0.29, 0.717) is 11.3 Å². The number of benzene rings is 2. The predicted molar refractivity (Wildman–Crippen MR) is 96.3 cm³/mol. The van der Waals surface area contributed by atoms with E-state index in [2.05, 4.69) is 14.8 Å². The lowest BCUT2D eigenvalue weighted by molar-refractivity contribution is -0.119. The number of carbonyl (C=O) groups is 3. The maximum absolute atomic E-state index is 12.3. The fourth-order valence-electron chi connectivity index (χ4n) is 2.21. The Bertz CT molecular complexity index is 885. The molecule has 0 aliphatic heterocycles. The summed E-state index contributed by atoms with van der Waals surface area (Å²) < 4.78 is 43.3. The van der Waals surface area contributed by atoms with Crippen molar-refractivity contribution in [3.63, 3.8) is 0 Å². The number of alkyl halides is 2. The summed E-state index contributed by atoms with van der Waals surface area (Å²) in [4.78, 5) is 35.3. The summed E-state index contributed by atoms with van der Waals surface area (Å²) in [5.74, 6) is -2.32. The van der Waals surface area contributed by atoms with Crippen LogP contribution in [0.5, 0.6) is 11.5 Å². The van der Waals surface area contributed by atoms with Crippen molar-refractivity contribution in [2.24, 2.45) is 0 Å². The van der Waals surface area contributed by atoms with Crippen molar-refractivity contribution in [2.75, 3.05) is 26.1 Å². The van der Waals surface area contributed by atoms with Gasteiger partial charge in [0.2, 0.25) is 0 Å². The van der Waals surface area contributed by atoms with E-state index in [1.54, 1.807) is 0 Å². The fourth-order valence-corrected chi connectivity index (χ4v) is 2.21. The number of halogens is 2. The lowest BCUT2D eigenvalue weighted by atomic mass is 10.2. The van der Waals surface area contributed by atoms with E-state index in [-0.39, 0.29) is 17.1 Å². The van der Waals surface area contributed by atoms with Crippen LogP contribution in [0.4, 0.5) is 14.5 Å². The van der Waals surface area contributed by atoms with Gasteiger partial charge >= 0.3 is 18.6 Å². The van der Waals surface area contributed by atoms with Crippen molar-refractivity contribution in [3.8, 4) is 11.5 Å². The molecule has 1 N–H and O–H groups in total. The summed E-state index contributed by atoms with van der Waals surface area (Å²) in [6, 6.07) is 9.38. The molecule has 2 rings (SSSR count). The summed E-state index contributed by atoms with van der Waals surface area (Å²) in [6.07, 6.45) is 0. The molecule has 2 aromatic rings. The number of esters is 2. The van der Waals surface area contributed by atoms with Gasteiger partial charge in [-0.15, -0.1) is 0 Å². The molecule has 0 atom stereocenters. The van der Waals surface area contributed by atoms with Crippen LogP contribution < -0.4 is 14.8 Å². The highest BCUT2D eigenvalue weighted by atomic mass is 19.3. The average Bonchev–Trinajstić information content (AvgIpc) is 2.71. The molecule has 1 amide bonds. The maximum Gasteiger partial charge on any atom is 0.387 e. The summed E-state index contributed by atoms with van der Waals surface area (Å²) in [6.45, 7) is -3.64. The van der Waals surface area contributed by atoms with E-state index in [9.17, 15) is 23.2 Å². The van der Waals surface area contributed by atoms with Gasteiger partial charge in [-0.25, -0.2) is 9.59 Å². The highest BCUT2D eigenvalue weighted by Crippen LogP contribution is 2.29. The van der Waals surface area contributed by atoms with E-state index in [4.69, 9.17) is 9.47 Å². The molecule has 0 aromatic heterocycles. The molecule has 0 unspecified atom stereocenters. The van der Waals surface area contributed by atoms with Crippen LogP contribution >= 0.6 is 0 Å². The Kier molecular flexibility index (Phi) is 7.47. The molecule has 0 heterocycles. The van der Waals surface area contributed by atoms with Crippen LogP contribution in [0.25, 0.3) is 0 Å². The van der Waals surface area contributed by atoms with Gasteiger partial charge in [0.05, 0.1) is 25.3 Å². The molecule has 8 nitrogen and oxygen atoms in total. The maximum atomic E-state index is 12.3. The van der Waals surface area contributed by atoms with Gasteiger partial charge in [-0.1, -0.05) is 0 Å². The Hall–Kier alpha value is -3.69. The highest BCUT2D eigenvalue weighted by molar-refractivity contribution is 5.96. The average molecular weight is 409 g/mol. The lowest BCUT2D eigenvalue weighted by Gasteiger charge is -2.11. The van der Waals surface area contributed by atoms with Crippen molar-refractivity contribution in [1.29, 1.82) is 0 Å². The molecule has 0 saturated carbocycles. The van der Waals surface area contributed by atoms with Crippen LogP contribution in [0.15, 0.2) is 42.5 Å². The van der Waals surface area contributed by atoms with Gasteiger partial charge in [-0.05, 0) is 42.5 Å². The number of methoxy groups -OCH3 is 2. The number of nitrogens with one attached hydrogen (secondary N) is 1. The molecule has 154 valence electrons. The highest BCUT2D eigenvalue weighted by Gasteiger charge is 2.16. The van der Waals surface area contributed by atoms with Crippen molar-refractivity contribution in [3.05, 3.63) is 53.6 Å². The lowest BCUT2D eigenvalue weighted by Crippen LogP contribution is -2.21. The standard InChI is InChI=1S/C19H17F2NO7/c1-26-15-9-12(5-8-14(15)29-19(20)21)18(25)28-10-16(23)22-13-6-3-11(4-7-13)17(24)27-2/h3-9,19H,10H2,1-2H3,(H,22,23). The van der Waals surface area contributed by atoms with Gasteiger partial charge in [0.1, 0.15) is 0 Å². The number of ether oxygens (including phenoxy) is 4. The summed E-state index contributed by atoms with van der Waals surface area (Å²) in [5.41, 5.74) is 0.678. The SMILES string of the molecule is COC(=O)c1ccc(NC(=O)COC(=O)c2ccc(OC(F)F)c(OC)c2)cc1. The molecule has 2 aromatic carbocycles. The monoisotopic (exact) mass is 409 g/mol. The van der Waals surface area contributed by atoms with Crippen LogP contribution in [0.1, 0.15) is 20.7 Å². The molecule has 0 radical (unpaired) electrons. The largest absolute Gasteiger partial charge is 0.493 e. The Labute approximate surface area is 164 Å². The van der Waals surface area contributed by atoms with E-state index >= 15 is 0 Å². The predicted octanol–water partition coefficient (Wildman–Crippen LogP) is 2.88. The third kappa shape index (κ3) is 6.16. The molecule has 29 heavy (non-hydrogen) atoms. The van der Waals surface area contributed by atoms with Crippen LogP contribution in [0, 0.1) is 0 Å². The van der Waals surface area contributed by atoms with Gasteiger partial charge in [0, 0.05) is 5.69 Å². The minimum Gasteiger partial charge on any atom is -0.493 e. The number of carbonyl (C=O) groups excluding carboxylic acids is 3. The molecule has 0 bridgehead atoms. The normalized spacial score (nSPS) is 10.2. The molecule has 0 saturated heterocycles. The number of amides is 1. The van der Waals surface area contributed by atoms with Gasteiger partial charge in [0.25, 0.3) is 5.91 Å². The van der Waals surface area contributed by atoms with Gasteiger partial charge in [-0.3, -0.25) is 4.79 Å². The topological polar surface area (TPSA) is 100 Å². The first kappa shape index (κ1) is 21.6. The van der Waals surface area contributed by atoms with E-state index in [0.717, 1.165) is 12.1 Å². The number of anilines is 1. The molecular weight excluding hydrogens is 392 g/mol. The number of hydrogen-bond acceptors (Lipinski definition) is 7. The van der Waals surface area contributed by atoms with Crippen LogP contribution in [0.2, 0.25) is 0 Å². The Balaban J connectivity index is 1.92. The van der Waals surface area contributed by atoms with Crippen molar-refractivity contribution in [1.82, 2.24) is 0 Å². The Morgan fingerprint density at radius 3 is 2.17 bits per heavy atom. The van der Waals surface area contributed by atoms with Crippen LogP contribution in [-0.4, -0.2) is 45.3 Å². The third-order valence-corrected chi connectivity index (χ3v) is 3.54. The van der Waals surface area contributed by atoms with Gasteiger partial charge in [0.15, 0.2) is 18.1 Å². The minimum atomic E-state index is -3.05. The van der Waals surface area contributed by atoms with Gasteiger partial charge in [-0.2, -0.15) is 8.78 Å². The van der Waals surface area contributed by atoms with Gasteiger partial charge < -0.3 is 24.3 Å². The second kappa shape index (κ2) is 10.0. The molecule has 0 spiro atoms. The first-order chi connectivity index (χ1) is 13.8. The second-order valence-electron chi connectivity index (χ2n) is 5.44. The van der Waals surface area contributed by atoms with Crippen molar-refractivity contribution < 1.29 is 42.1 Å².